The van der Waals surface area contributed by atoms with E-state index in [1.54, 1.807) is 26.2 Å². The minimum Gasteiger partial charge on any atom is -0.468 e. The largest absolute Gasteiger partial charge is 0.468 e. The van der Waals surface area contributed by atoms with E-state index in [-0.39, 0.29) is 29.3 Å². The molecule has 2 aromatic heterocycles. The SMILES string of the molecule is COC1CCN(c2nc(OCC(F)(F)F)ccc2C(=O)NC(C)c2ccnc(NC(C)=O)c2)CC1. The monoisotopic (exact) mass is 495 g/mol. The fraction of sp³-hybridized carbons (Fsp3) is 0.478. The first-order valence-electron chi connectivity index (χ1n) is 11.1. The molecule has 1 unspecified atom stereocenters. The minimum absolute atomic E-state index is 0.0673. The van der Waals surface area contributed by atoms with Gasteiger partial charge in [0.1, 0.15) is 11.6 Å². The number of pyridine rings is 2. The summed E-state index contributed by atoms with van der Waals surface area (Å²) in [7, 11) is 1.63. The highest BCUT2D eigenvalue weighted by molar-refractivity contribution is 5.99. The number of hydrogen-bond donors (Lipinski definition) is 2. The van der Waals surface area contributed by atoms with Crippen molar-refractivity contribution in [2.75, 3.05) is 37.0 Å². The van der Waals surface area contributed by atoms with E-state index in [0.29, 0.717) is 37.3 Å². The van der Waals surface area contributed by atoms with E-state index < -0.39 is 24.7 Å². The Morgan fingerprint density at radius 1 is 1.23 bits per heavy atom. The maximum Gasteiger partial charge on any atom is 0.422 e. The van der Waals surface area contributed by atoms with Gasteiger partial charge in [-0.2, -0.15) is 18.2 Å². The lowest BCUT2D eigenvalue weighted by Gasteiger charge is -2.33. The van der Waals surface area contributed by atoms with E-state index in [1.165, 1.54) is 25.3 Å². The van der Waals surface area contributed by atoms with Crippen LogP contribution in [0.5, 0.6) is 5.88 Å². The highest BCUT2D eigenvalue weighted by Gasteiger charge is 2.30. The van der Waals surface area contributed by atoms with Gasteiger partial charge in [-0.25, -0.2) is 4.98 Å². The fourth-order valence-corrected chi connectivity index (χ4v) is 3.71. The summed E-state index contributed by atoms with van der Waals surface area (Å²) in [4.78, 5) is 34.6. The van der Waals surface area contributed by atoms with Crippen LogP contribution < -0.4 is 20.3 Å². The van der Waals surface area contributed by atoms with Gasteiger partial charge < -0.3 is 25.0 Å². The Kier molecular flexibility index (Phi) is 8.49. The Hall–Kier alpha value is -3.41. The second-order valence-electron chi connectivity index (χ2n) is 8.20. The van der Waals surface area contributed by atoms with E-state index in [9.17, 15) is 22.8 Å². The zero-order chi connectivity index (χ0) is 25.6. The molecule has 2 amide bonds. The molecule has 12 heteroatoms. The van der Waals surface area contributed by atoms with Crippen LogP contribution >= 0.6 is 0 Å². The van der Waals surface area contributed by atoms with Crippen molar-refractivity contribution in [2.45, 2.75) is 45.0 Å². The molecule has 3 rings (SSSR count). The first-order chi connectivity index (χ1) is 16.6. The molecule has 2 N–H and O–H groups in total. The van der Waals surface area contributed by atoms with Crippen molar-refractivity contribution in [3.8, 4) is 5.88 Å². The number of nitrogens with zero attached hydrogens (tertiary/aromatic N) is 3. The summed E-state index contributed by atoms with van der Waals surface area (Å²) in [5, 5.41) is 5.47. The molecule has 1 fully saturated rings. The van der Waals surface area contributed by atoms with Crippen LogP contribution in [-0.4, -0.2) is 60.9 Å². The number of anilines is 2. The molecule has 1 atom stereocenters. The second-order valence-corrected chi connectivity index (χ2v) is 8.20. The number of nitrogens with one attached hydrogen (secondary N) is 2. The number of piperidine rings is 1. The van der Waals surface area contributed by atoms with E-state index in [0.717, 1.165) is 0 Å². The molecule has 2 aromatic rings. The second kappa shape index (κ2) is 11.3. The summed E-state index contributed by atoms with van der Waals surface area (Å²) >= 11 is 0. The van der Waals surface area contributed by atoms with Gasteiger partial charge in [0.25, 0.3) is 5.91 Å². The summed E-state index contributed by atoms with van der Waals surface area (Å²) in [5.41, 5.74) is 0.917. The minimum atomic E-state index is -4.51. The van der Waals surface area contributed by atoms with Crippen LogP contribution in [0.2, 0.25) is 0 Å². The lowest BCUT2D eigenvalue weighted by molar-refractivity contribution is -0.154. The standard InChI is InChI=1S/C23H28F3N5O4/c1-14(16-6-9-27-19(12-16)29-15(2)32)28-22(33)18-4-5-20(35-13-23(24,25)26)30-21(18)31-10-7-17(34-3)8-11-31/h4-6,9,12,14,17H,7-8,10-11,13H2,1-3H3,(H,28,33)(H,27,29,32). The highest BCUT2D eigenvalue weighted by atomic mass is 19.4. The van der Waals surface area contributed by atoms with Crippen molar-refractivity contribution in [2.24, 2.45) is 0 Å². The third kappa shape index (κ3) is 7.54. The Bertz CT molecular complexity index is 1040. The molecule has 0 saturated carbocycles. The number of ether oxygens (including phenoxy) is 2. The van der Waals surface area contributed by atoms with Gasteiger partial charge in [-0.3, -0.25) is 9.59 Å². The van der Waals surface area contributed by atoms with Crippen molar-refractivity contribution >= 4 is 23.5 Å². The van der Waals surface area contributed by atoms with Crippen molar-refractivity contribution in [1.29, 1.82) is 0 Å². The van der Waals surface area contributed by atoms with Gasteiger partial charge in [0.2, 0.25) is 11.8 Å². The van der Waals surface area contributed by atoms with E-state index >= 15 is 0 Å². The molecule has 0 bridgehead atoms. The number of methoxy groups -OCH3 is 1. The average molecular weight is 496 g/mol. The van der Waals surface area contributed by atoms with Crippen LogP contribution in [0.4, 0.5) is 24.8 Å². The van der Waals surface area contributed by atoms with E-state index in [2.05, 4.69) is 20.6 Å². The average Bonchev–Trinajstić information content (AvgIpc) is 2.82. The van der Waals surface area contributed by atoms with Crippen LogP contribution in [0.3, 0.4) is 0 Å². The maximum atomic E-state index is 13.2. The summed E-state index contributed by atoms with van der Waals surface area (Å²) in [6.07, 6.45) is -1.55. The summed E-state index contributed by atoms with van der Waals surface area (Å²) < 4.78 is 48.1. The first-order valence-corrected chi connectivity index (χ1v) is 11.1. The number of amides is 2. The normalized spacial score (nSPS) is 15.4. The summed E-state index contributed by atoms with van der Waals surface area (Å²) in [6.45, 7) is 2.70. The molecule has 35 heavy (non-hydrogen) atoms. The Morgan fingerprint density at radius 2 is 1.94 bits per heavy atom. The molecule has 190 valence electrons. The molecule has 0 spiro atoms. The number of halogens is 3. The third-order valence-electron chi connectivity index (χ3n) is 5.49. The molecular weight excluding hydrogens is 467 g/mol. The molecule has 3 heterocycles. The number of carbonyl (C=O) groups excluding carboxylic acids is 2. The Labute approximate surface area is 201 Å². The summed E-state index contributed by atoms with van der Waals surface area (Å²) in [5.74, 6) is -0.339. The van der Waals surface area contributed by atoms with Crippen LogP contribution in [0.15, 0.2) is 30.5 Å². The van der Waals surface area contributed by atoms with Gasteiger partial charge in [0, 0.05) is 39.4 Å². The van der Waals surface area contributed by atoms with Crippen LogP contribution in [0, 0.1) is 0 Å². The predicted octanol–water partition coefficient (Wildman–Crippen LogP) is 3.48. The van der Waals surface area contributed by atoms with Crippen molar-refractivity contribution in [3.05, 3.63) is 41.6 Å². The van der Waals surface area contributed by atoms with Crippen LogP contribution in [0.1, 0.15) is 48.7 Å². The van der Waals surface area contributed by atoms with Crippen molar-refractivity contribution < 1.29 is 32.2 Å². The predicted molar refractivity (Wildman–Crippen MR) is 122 cm³/mol. The molecule has 1 saturated heterocycles. The number of rotatable bonds is 8. The third-order valence-corrected chi connectivity index (χ3v) is 5.49. The van der Waals surface area contributed by atoms with Gasteiger partial charge in [0.05, 0.1) is 17.7 Å². The van der Waals surface area contributed by atoms with E-state index in [4.69, 9.17) is 9.47 Å². The maximum absolute atomic E-state index is 13.2. The number of alkyl halides is 3. The van der Waals surface area contributed by atoms with Gasteiger partial charge in [-0.05, 0) is 43.5 Å². The van der Waals surface area contributed by atoms with Gasteiger partial charge in [0.15, 0.2) is 6.61 Å². The van der Waals surface area contributed by atoms with Gasteiger partial charge in [-0.1, -0.05) is 0 Å². The smallest absolute Gasteiger partial charge is 0.422 e. The molecular formula is C23H28F3N5O4. The van der Waals surface area contributed by atoms with Crippen molar-refractivity contribution in [3.63, 3.8) is 0 Å². The van der Waals surface area contributed by atoms with Crippen molar-refractivity contribution in [1.82, 2.24) is 15.3 Å². The number of aromatic nitrogens is 2. The zero-order valence-corrected chi connectivity index (χ0v) is 19.7. The molecule has 0 aromatic carbocycles. The molecule has 9 nitrogen and oxygen atoms in total. The molecule has 0 radical (unpaired) electrons. The van der Waals surface area contributed by atoms with Gasteiger partial charge >= 0.3 is 6.18 Å². The molecule has 0 aliphatic carbocycles. The zero-order valence-electron chi connectivity index (χ0n) is 19.7. The van der Waals surface area contributed by atoms with Gasteiger partial charge in [-0.15, -0.1) is 0 Å². The topological polar surface area (TPSA) is 106 Å². The number of carbonyl (C=O) groups is 2. The molecule has 1 aliphatic rings. The summed E-state index contributed by atoms with van der Waals surface area (Å²) in [6, 6.07) is 5.56. The number of hydrogen-bond acceptors (Lipinski definition) is 7. The first kappa shape index (κ1) is 26.2. The Balaban J connectivity index is 1.82. The van der Waals surface area contributed by atoms with E-state index in [1.807, 2.05) is 4.90 Å². The highest BCUT2D eigenvalue weighted by Crippen LogP contribution is 2.28. The lowest BCUT2D eigenvalue weighted by Crippen LogP contribution is -2.39. The molecule has 1 aliphatic heterocycles. The lowest BCUT2D eigenvalue weighted by atomic mass is 10.1. The van der Waals surface area contributed by atoms with Crippen LogP contribution in [-0.2, 0) is 9.53 Å². The Morgan fingerprint density at radius 3 is 2.57 bits per heavy atom. The quantitative estimate of drug-likeness (QED) is 0.578. The fourth-order valence-electron chi connectivity index (χ4n) is 3.71. The van der Waals surface area contributed by atoms with Crippen LogP contribution in [0.25, 0.3) is 0 Å².